The van der Waals surface area contributed by atoms with Crippen molar-refractivity contribution in [2.24, 2.45) is 0 Å². The Morgan fingerprint density at radius 1 is 1.29 bits per heavy atom. The quantitative estimate of drug-likeness (QED) is 0.883. The van der Waals surface area contributed by atoms with Gasteiger partial charge in [0.2, 0.25) is 5.82 Å². The van der Waals surface area contributed by atoms with Gasteiger partial charge in [-0.3, -0.25) is 0 Å². The molecule has 114 valence electrons. The summed E-state index contributed by atoms with van der Waals surface area (Å²) in [4.78, 5) is 11.1. The maximum absolute atomic E-state index is 12.8. The van der Waals surface area contributed by atoms with E-state index in [-0.39, 0.29) is 17.7 Å². The third-order valence-corrected chi connectivity index (χ3v) is 3.60. The lowest BCUT2D eigenvalue weighted by Crippen LogP contribution is -2.16. The molecule has 0 aliphatic rings. The molecule has 0 radical (unpaired) electrons. The van der Waals surface area contributed by atoms with Crippen LogP contribution in [0.3, 0.4) is 0 Å². The van der Waals surface area contributed by atoms with E-state index in [4.69, 9.17) is 0 Å². The van der Waals surface area contributed by atoms with Crippen LogP contribution in [0.4, 0.5) is 24.8 Å². The van der Waals surface area contributed by atoms with Crippen molar-refractivity contribution in [3.05, 3.63) is 28.5 Å². The minimum absolute atomic E-state index is 0.105. The van der Waals surface area contributed by atoms with Crippen molar-refractivity contribution in [2.45, 2.75) is 25.6 Å². The molecule has 5 nitrogen and oxygen atoms in total. The lowest BCUT2D eigenvalue weighted by molar-refractivity contribution is -0.144. The van der Waals surface area contributed by atoms with Gasteiger partial charge in [-0.1, -0.05) is 6.92 Å². The van der Waals surface area contributed by atoms with Gasteiger partial charge < -0.3 is 10.6 Å². The second kappa shape index (κ2) is 6.25. The van der Waals surface area contributed by atoms with E-state index in [0.717, 1.165) is 5.01 Å². The smallest absolute Gasteiger partial charge is 0.373 e. The fraction of sp³-hybridized carbons (Fsp3) is 0.417. The van der Waals surface area contributed by atoms with Crippen LogP contribution in [-0.4, -0.2) is 22.0 Å². The third-order valence-electron chi connectivity index (χ3n) is 2.72. The Bertz CT molecular complexity index is 585. The third kappa shape index (κ3) is 3.81. The second-order valence-corrected chi connectivity index (χ2v) is 5.11. The van der Waals surface area contributed by atoms with Gasteiger partial charge in [0.15, 0.2) is 0 Å². The van der Waals surface area contributed by atoms with Gasteiger partial charge in [0, 0.05) is 24.7 Å². The van der Waals surface area contributed by atoms with Gasteiger partial charge in [-0.05, 0) is 6.42 Å². The number of hydrogen-bond donors (Lipinski definition) is 2. The summed E-state index contributed by atoms with van der Waals surface area (Å²) in [5.41, 5.74) is 0. The number of aromatic nitrogens is 3. The second-order valence-electron chi connectivity index (χ2n) is 4.19. The molecule has 2 aromatic rings. The molecule has 0 saturated heterocycles. The van der Waals surface area contributed by atoms with Crippen LogP contribution in [0, 0.1) is 0 Å². The zero-order valence-electron chi connectivity index (χ0n) is 11.4. The number of halogens is 3. The molecular weight excluding hydrogens is 303 g/mol. The Balaban J connectivity index is 2.30. The maximum Gasteiger partial charge on any atom is 0.451 e. The SMILES string of the molecule is CCC(Nc1cc(NC)nc(C(F)(F)F)n1)c1nccs1. The molecule has 2 heterocycles. The molecule has 2 N–H and O–H groups in total. The lowest BCUT2D eigenvalue weighted by atomic mass is 10.2. The van der Waals surface area contributed by atoms with Crippen LogP contribution in [0.2, 0.25) is 0 Å². The van der Waals surface area contributed by atoms with Crippen LogP contribution in [-0.2, 0) is 6.18 Å². The van der Waals surface area contributed by atoms with E-state index in [1.165, 1.54) is 24.5 Å². The van der Waals surface area contributed by atoms with Crippen molar-refractivity contribution in [2.75, 3.05) is 17.7 Å². The fourth-order valence-electron chi connectivity index (χ4n) is 1.70. The first-order valence-corrected chi connectivity index (χ1v) is 7.12. The number of thiazole rings is 1. The van der Waals surface area contributed by atoms with Crippen LogP contribution in [0.15, 0.2) is 17.6 Å². The summed E-state index contributed by atoms with van der Waals surface area (Å²) in [6, 6.07) is 1.25. The number of alkyl halides is 3. The summed E-state index contributed by atoms with van der Waals surface area (Å²) >= 11 is 1.44. The molecule has 0 fully saturated rings. The fourth-order valence-corrected chi connectivity index (χ4v) is 2.47. The molecule has 1 unspecified atom stereocenters. The number of rotatable bonds is 5. The molecule has 0 amide bonds. The van der Waals surface area contributed by atoms with Crippen LogP contribution in [0.25, 0.3) is 0 Å². The van der Waals surface area contributed by atoms with Crippen LogP contribution in [0.1, 0.15) is 30.2 Å². The predicted molar refractivity (Wildman–Crippen MR) is 75.3 cm³/mol. The largest absolute Gasteiger partial charge is 0.451 e. The minimum Gasteiger partial charge on any atom is -0.373 e. The van der Waals surface area contributed by atoms with E-state index in [1.807, 2.05) is 12.3 Å². The number of anilines is 2. The Labute approximate surface area is 123 Å². The van der Waals surface area contributed by atoms with Crippen molar-refractivity contribution in [1.82, 2.24) is 15.0 Å². The molecule has 9 heteroatoms. The highest BCUT2D eigenvalue weighted by atomic mass is 32.1. The van der Waals surface area contributed by atoms with Gasteiger partial charge in [0.05, 0.1) is 6.04 Å². The monoisotopic (exact) mass is 317 g/mol. The van der Waals surface area contributed by atoms with Gasteiger partial charge in [-0.15, -0.1) is 11.3 Å². The Hall–Kier alpha value is -1.90. The normalized spacial score (nSPS) is 13.0. The van der Waals surface area contributed by atoms with Crippen molar-refractivity contribution in [3.63, 3.8) is 0 Å². The summed E-state index contributed by atoms with van der Waals surface area (Å²) in [5.74, 6) is -0.955. The molecule has 21 heavy (non-hydrogen) atoms. The highest BCUT2D eigenvalue weighted by molar-refractivity contribution is 7.09. The van der Waals surface area contributed by atoms with E-state index in [0.29, 0.717) is 6.42 Å². The summed E-state index contributed by atoms with van der Waals surface area (Å²) in [6.45, 7) is 1.92. The van der Waals surface area contributed by atoms with Gasteiger partial charge >= 0.3 is 6.18 Å². The van der Waals surface area contributed by atoms with E-state index < -0.39 is 12.0 Å². The average molecular weight is 317 g/mol. The topological polar surface area (TPSA) is 62.7 Å². The first-order chi connectivity index (χ1) is 9.94. The zero-order valence-corrected chi connectivity index (χ0v) is 12.2. The summed E-state index contributed by atoms with van der Waals surface area (Å²) in [7, 11) is 1.50. The van der Waals surface area contributed by atoms with Crippen molar-refractivity contribution in [3.8, 4) is 0 Å². The molecule has 0 spiro atoms. The van der Waals surface area contributed by atoms with Crippen molar-refractivity contribution in [1.29, 1.82) is 0 Å². The first kappa shape index (κ1) is 15.5. The van der Waals surface area contributed by atoms with Gasteiger partial charge in [-0.2, -0.15) is 13.2 Å². The first-order valence-electron chi connectivity index (χ1n) is 6.24. The number of hydrogen-bond acceptors (Lipinski definition) is 6. The number of nitrogens with one attached hydrogen (secondary N) is 2. The standard InChI is InChI=1S/C12H14F3N5S/c1-3-7(10-17-4-5-21-10)18-9-6-8(16-2)19-11(20-9)12(13,14)15/h4-7H,3H2,1-2H3,(H2,16,18,19,20). The highest BCUT2D eigenvalue weighted by Crippen LogP contribution is 2.30. The van der Waals surface area contributed by atoms with Gasteiger partial charge in [-0.25, -0.2) is 15.0 Å². The van der Waals surface area contributed by atoms with Crippen LogP contribution in [0.5, 0.6) is 0 Å². The minimum atomic E-state index is -4.59. The van der Waals surface area contributed by atoms with Crippen LogP contribution >= 0.6 is 11.3 Å². The zero-order chi connectivity index (χ0) is 15.5. The molecule has 0 aromatic carbocycles. The van der Waals surface area contributed by atoms with E-state index in [1.54, 1.807) is 6.20 Å². The maximum atomic E-state index is 12.8. The van der Waals surface area contributed by atoms with Gasteiger partial charge in [0.25, 0.3) is 0 Å². The van der Waals surface area contributed by atoms with Crippen molar-refractivity contribution >= 4 is 23.0 Å². The van der Waals surface area contributed by atoms with Crippen LogP contribution < -0.4 is 10.6 Å². The molecule has 0 aliphatic carbocycles. The van der Waals surface area contributed by atoms with Gasteiger partial charge in [0.1, 0.15) is 16.6 Å². The molecule has 2 rings (SSSR count). The number of nitrogens with zero attached hydrogens (tertiary/aromatic N) is 3. The van der Waals surface area contributed by atoms with E-state index >= 15 is 0 Å². The summed E-state index contributed by atoms with van der Waals surface area (Å²) < 4.78 is 38.4. The Morgan fingerprint density at radius 2 is 2.00 bits per heavy atom. The van der Waals surface area contributed by atoms with E-state index in [9.17, 15) is 13.2 Å². The molecule has 0 bridgehead atoms. The van der Waals surface area contributed by atoms with Crippen molar-refractivity contribution < 1.29 is 13.2 Å². The molecular formula is C12H14F3N5S. The summed E-state index contributed by atoms with van der Waals surface area (Å²) in [5, 5.41) is 8.20. The lowest BCUT2D eigenvalue weighted by Gasteiger charge is -2.17. The average Bonchev–Trinajstić information content (AvgIpc) is 2.97. The highest BCUT2D eigenvalue weighted by Gasteiger charge is 2.35. The molecule has 0 aliphatic heterocycles. The molecule has 2 aromatic heterocycles. The molecule has 0 saturated carbocycles. The molecule has 1 atom stereocenters. The van der Waals surface area contributed by atoms with E-state index in [2.05, 4.69) is 25.6 Å². The Kier molecular flexibility index (Phi) is 4.61. The summed E-state index contributed by atoms with van der Waals surface area (Å²) in [6.07, 6.45) is -2.26. The Morgan fingerprint density at radius 3 is 2.52 bits per heavy atom. The predicted octanol–water partition coefficient (Wildman–Crippen LogP) is 3.56.